The quantitative estimate of drug-likeness (QED) is 0.637. The number of hydrogen-bond acceptors (Lipinski definition) is 6. The molecule has 0 aliphatic carbocycles. The van der Waals surface area contributed by atoms with Gasteiger partial charge in [0.25, 0.3) is 11.5 Å². The summed E-state index contributed by atoms with van der Waals surface area (Å²) < 4.78 is 21.1. The van der Waals surface area contributed by atoms with Crippen molar-refractivity contribution in [2.45, 2.75) is 38.9 Å². The van der Waals surface area contributed by atoms with Crippen LogP contribution in [0.3, 0.4) is 0 Å². The smallest absolute Gasteiger partial charge is 0.280 e. The van der Waals surface area contributed by atoms with E-state index in [9.17, 15) is 18.8 Å². The van der Waals surface area contributed by atoms with E-state index in [1.807, 2.05) is 13.8 Å². The summed E-state index contributed by atoms with van der Waals surface area (Å²) in [4.78, 5) is 44.6. The average molecular weight is 440 g/mol. The van der Waals surface area contributed by atoms with Gasteiger partial charge in [0.15, 0.2) is 0 Å². The maximum Gasteiger partial charge on any atom is 0.280 e. The van der Waals surface area contributed by atoms with E-state index >= 15 is 0 Å². The minimum Gasteiger partial charge on any atom is -0.380 e. The Kier molecular flexibility index (Phi) is 4.77. The summed E-state index contributed by atoms with van der Waals surface area (Å²) in [6, 6.07) is 4.14. The average Bonchev–Trinajstić information content (AvgIpc) is 3.28. The summed E-state index contributed by atoms with van der Waals surface area (Å²) >= 11 is 0. The lowest BCUT2D eigenvalue weighted by atomic mass is 10.1. The number of pyridine rings is 1. The molecule has 2 aliphatic heterocycles. The van der Waals surface area contributed by atoms with Crippen LogP contribution in [-0.4, -0.2) is 55.1 Å². The first kappa shape index (κ1) is 20.3. The molecule has 166 valence electrons. The Balaban J connectivity index is 1.59. The number of halogens is 1. The highest BCUT2D eigenvalue weighted by molar-refractivity contribution is 5.98. The van der Waals surface area contributed by atoms with Gasteiger partial charge in [-0.3, -0.25) is 14.4 Å². The SMILES string of the molecule is CC(C)N1Cc2c(n(CC(=O)Nc3ccc(F)cn3)c3cc(C4COC4)nn3c2=O)C1=O. The summed E-state index contributed by atoms with van der Waals surface area (Å²) in [6.07, 6.45) is 0.999. The molecular formula is C21H21FN6O4. The van der Waals surface area contributed by atoms with E-state index < -0.39 is 11.7 Å². The summed E-state index contributed by atoms with van der Waals surface area (Å²) in [5.41, 5.74) is 1.17. The van der Waals surface area contributed by atoms with Gasteiger partial charge in [0, 0.05) is 12.1 Å². The number of nitrogens with one attached hydrogen (secondary N) is 1. The molecule has 5 rings (SSSR count). The van der Waals surface area contributed by atoms with Crippen molar-refractivity contribution < 1.29 is 18.7 Å². The minimum absolute atomic E-state index is 0.0673. The molecule has 0 saturated carbocycles. The zero-order chi connectivity index (χ0) is 22.6. The molecule has 0 atom stereocenters. The Hall–Kier alpha value is -3.60. The van der Waals surface area contributed by atoms with Gasteiger partial charge in [0.05, 0.1) is 43.1 Å². The Morgan fingerprint density at radius 2 is 2.09 bits per heavy atom. The van der Waals surface area contributed by atoms with Crippen molar-refractivity contribution in [3.63, 3.8) is 0 Å². The van der Waals surface area contributed by atoms with Gasteiger partial charge in [-0.1, -0.05) is 0 Å². The fourth-order valence-electron chi connectivity index (χ4n) is 3.96. The first-order valence-electron chi connectivity index (χ1n) is 10.3. The van der Waals surface area contributed by atoms with Crippen LogP contribution in [0, 0.1) is 5.82 Å². The van der Waals surface area contributed by atoms with E-state index in [1.165, 1.54) is 21.2 Å². The lowest BCUT2D eigenvalue weighted by Crippen LogP contribution is -2.32. The van der Waals surface area contributed by atoms with Crippen LogP contribution >= 0.6 is 0 Å². The third-order valence-electron chi connectivity index (χ3n) is 5.76. The maximum absolute atomic E-state index is 13.2. The largest absolute Gasteiger partial charge is 0.380 e. The van der Waals surface area contributed by atoms with Crippen molar-refractivity contribution >= 4 is 23.3 Å². The van der Waals surface area contributed by atoms with Gasteiger partial charge in [0.1, 0.15) is 29.5 Å². The number of hydrogen-bond donors (Lipinski definition) is 1. The molecule has 3 aromatic rings. The maximum atomic E-state index is 13.2. The van der Waals surface area contributed by atoms with Crippen molar-refractivity contribution in [2.75, 3.05) is 18.5 Å². The van der Waals surface area contributed by atoms with Gasteiger partial charge in [0.2, 0.25) is 5.91 Å². The number of aromatic nitrogens is 4. The number of amides is 2. The first-order chi connectivity index (χ1) is 15.3. The van der Waals surface area contributed by atoms with E-state index in [0.717, 1.165) is 6.20 Å². The number of carbonyl (C=O) groups excluding carboxylic acids is 2. The van der Waals surface area contributed by atoms with E-state index in [-0.39, 0.29) is 48.0 Å². The van der Waals surface area contributed by atoms with Gasteiger partial charge in [-0.15, -0.1) is 0 Å². The molecule has 11 heteroatoms. The second kappa shape index (κ2) is 7.52. The number of nitrogens with zero attached hydrogens (tertiary/aromatic N) is 5. The highest BCUT2D eigenvalue weighted by Gasteiger charge is 2.37. The summed E-state index contributed by atoms with van der Waals surface area (Å²) in [5.74, 6) is -1.05. The highest BCUT2D eigenvalue weighted by Crippen LogP contribution is 2.27. The van der Waals surface area contributed by atoms with Crippen molar-refractivity contribution in [2.24, 2.45) is 0 Å². The van der Waals surface area contributed by atoms with Crippen LogP contribution in [0.15, 0.2) is 29.2 Å². The molecule has 0 spiro atoms. The summed E-state index contributed by atoms with van der Waals surface area (Å²) in [7, 11) is 0. The van der Waals surface area contributed by atoms with Crippen molar-refractivity contribution in [1.82, 2.24) is 24.1 Å². The van der Waals surface area contributed by atoms with Crippen LogP contribution in [0.1, 0.15) is 41.5 Å². The van der Waals surface area contributed by atoms with Crippen molar-refractivity contribution in [3.05, 3.63) is 57.5 Å². The van der Waals surface area contributed by atoms with Gasteiger partial charge < -0.3 is 19.5 Å². The van der Waals surface area contributed by atoms with E-state index in [1.54, 1.807) is 11.0 Å². The second-order valence-electron chi connectivity index (χ2n) is 8.23. The first-order valence-corrected chi connectivity index (χ1v) is 10.3. The Labute approximate surface area is 181 Å². The Morgan fingerprint density at radius 3 is 2.72 bits per heavy atom. The fourth-order valence-corrected chi connectivity index (χ4v) is 3.96. The summed E-state index contributed by atoms with van der Waals surface area (Å²) in [5, 5.41) is 7.05. The Morgan fingerprint density at radius 1 is 1.31 bits per heavy atom. The Bertz CT molecular complexity index is 1290. The number of ether oxygens (including phenoxy) is 1. The van der Waals surface area contributed by atoms with Crippen molar-refractivity contribution in [1.29, 1.82) is 0 Å². The number of rotatable bonds is 5. The molecule has 1 saturated heterocycles. The van der Waals surface area contributed by atoms with Gasteiger partial charge in [-0.2, -0.15) is 9.61 Å². The molecule has 1 N–H and O–H groups in total. The molecule has 0 unspecified atom stereocenters. The monoisotopic (exact) mass is 440 g/mol. The van der Waals surface area contributed by atoms with Crippen LogP contribution in [0.25, 0.3) is 5.65 Å². The molecule has 3 aromatic heterocycles. The second-order valence-corrected chi connectivity index (χ2v) is 8.23. The summed E-state index contributed by atoms with van der Waals surface area (Å²) in [6.45, 7) is 4.67. The molecule has 5 heterocycles. The van der Waals surface area contributed by atoms with Gasteiger partial charge in [-0.25, -0.2) is 9.37 Å². The molecule has 2 aliphatic rings. The minimum atomic E-state index is -0.519. The molecule has 0 bridgehead atoms. The zero-order valence-corrected chi connectivity index (χ0v) is 17.5. The van der Waals surface area contributed by atoms with Gasteiger partial charge >= 0.3 is 0 Å². The van der Waals surface area contributed by atoms with Gasteiger partial charge in [-0.05, 0) is 26.0 Å². The standard InChI is InChI=1S/C21H21FN6O4/c1-11(2)26-7-14-19(21(26)31)27(8-17(29)24-16-4-3-13(22)6-23-16)18-5-15(12-9-32-10-12)25-28(18)20(14)30/h3-6,11-12H,7-10H2,1-2H3,(H,23,24,29). The molecule has 32 heavy (non-hydrogen) atoms. The number of anilines is 1. The molecular weight excluding hydrogens is 419 g/mol. The van der Waals surface area contributed by atoms with Crippen LogP contribution in [0.2, 0.25) is 0 Å². The topological polar surface area (TPSA) is 111 Å². The lowest BCUT2D eigenvalue weighted by molar-refractivity contribution is -0.116. The predicted molar refractivity (Wildman–Crippen MR) is 111 cm³/mol. The van der Waals surface area contributed by atoms with E-state index in [2.05, 4.69) is 15.4 Å². The van der Waals surface area contributed by atoms with Crippen molar-refractivity contribution in [3.8, 4) is 0 Å². The van der Waals surface area contributed by atoms with Crippen LogP contribution < -0.4 is 10.9 Å². The fraction of sp³-hybridized carbons (Fsp3) is 0.381. The van der Waals surface area contributed by atoms with Crippen LogP contribution in [0.4, 0.5) is 10.2 Å². The molecule has 2 amide bonds. The van der Waals surface area contributed by atoms with E-state index in [4.69, 9.17) is 4.74 Å². The zero-order valence-electron chi connectivity index (χ0n) is 17.5. The molecule has 1 fully saturated rings. The third kappa shape index (κ3) is 3.25. The molecule has 0 aromatic carbocycles. The number of fused-ring (bicyclic) bond motifs is 2. The van der Waals surface area contributed by atoms with E-state index in [0.29, 0.717) is 30.1 Å². The van der Waals surface area contributed by atoms with Crippen LogP contribution in [-0.2, 0) is 22.6 Å². The lowest BCUT2D eigenvalue weighted by Gasteiger charge is -2.23. The predicted octanol–water partition coefficient (Wildman–Crippen LogP) is 1.15. The molecule has 0 radical (unpaired) electrons. The number of carbonyl (C=O) groups is 2. The van der Waals surface area contributed by atoms with Crippen LogP contribution in [0.5, 0.6) is 0 Å². The third-order valence-corrected chi connectivity index (χ3v) is 5.76. The normalized spacial score (nSPS) is 16.0. The molecule has 10 nitrogen and oxygen atoms in total. The highest BCUT2D eigenvalue weighted by atomic mass is 19.1.